The van der Waals surface area contributed by atoms with Crippen molar-refractivity contribution in [1.82, 2.24) is 0 Å². The zero-order valence-electron chi connectivity index (χ0n) is 9.64. The number of benzene rings is 3. The minimum atomic E-state index is 0.764. The van der Waals surface area contributed by atoms with Crippen LogP contribution in [0.5, 0.6) is 0 Å². The van der Waals surface area contributed by atoms with Gasteiger partial charge in [0.25, 0.3) is 0 Å². The first-order valence-electron chi connectivity index (χ1n) is 5.96. The second-order valence-corrected chi connectivity index (χ2v) is 4.55. The molecule has 3 aromatic carbocycles. The second kappa shape index (κ2) is 3.21. The minimum Gasteiger partial charge on any atom is -0.192 e. The molecule has 0 N–H and O–H groups in total. The number of nitrogens with zero attached hydrogens (tertiary/aromatic N) is 1. The standard InChI is InChI=1S/C17H9N/c18-10-12-9-8-11-4-3-7-15-13-5-1-2-6-14(13)17(12)16(11)15/h1-9H. The van der Waals surface area contributed by atoms with E-state index in [0.29, 0.717) is 0 Å². The third-order valence-electron chi connectivity index (χ3n) is 3.65. The third kappa shape index (κ3) is 1.00. The molecule has 0 saturated heterocycles. The van der Waals surface area contributed by atoms with E-state index >= 15 is 0 Å². The summed E-state index contributed by atoms with van der Waals surface area (Å²) in [4.78, 5) is 0. The first-order valence-corrected chi connectivity index (χ1v) is 5.96. The molecule has 0 atom stereocenters. The van der Waals surface area contributed by atoms with Gasteiger partial charge in [0.05, 0.1) is 11.6 Å². The van der Waals surface area contributed by atoms with Crippen LogP contribution < -0.4 is 0 Å². The number of fused-ring (bicyclic) bond motifs is 3. The third-order valence-corrected chi connectivity index (χ3v) is 3.65. The van der Waals surface area contributed by atoms with Gasteiger partial charge in [-0.1, -0.05) is 48.5 Å². The van der Waals surface area contributed by atoms with Gasteiger partial charge in [-0.3, -0.25) is 0 Å². The highest BCUT2D eigenvalue weighted by molar-refractivity contribution is 6.16. The van der Waals surface area contributed by atoms with Gasteiger partial charge in [0.15, 0.2) is 0 Å². The van der Waals surface area contributed by atoms with Gasteiger partial charge < -0.3 is 0 Å². The summed E-state index contributed by atoms with van der Waals surface area (Å²) in [5.41, 5.74) is 5.53. The summed E-state index contributed by atoms with van der Waals surface area (Å²) in [6.45, 7) is 0. The van der Waals surface area contributed by atoms with E-state index in [1.807, 2.05) is 18.2 Å². The molecule has 0 fully saturated rings. The van der Waals surface area contributed by atoms with Crippen LogP contribution in [0.15, 0.2) is 54.6 Å². The maximum Gasteiger partial charge on any atom is 0.0998 e. The Bertz CT molecular complexity index is 838. The number of rotatable bonds is 0. The smallest absolute Gasteiger partial charge is 0.0998 e. The molecule has 1 aliphatic carbocycles. The van der Waals surface area contributed by atoms with Crippen molar-refractivity contribution in [1.29, 1.82) is 5.26 Å². The minimum absolute atomic E-state index is 0.764. The molecule has 0 spiro atoms. The fraction of sp³-hybridized carbons (Fsp3) is 0. The van der Waals surface area contributed by atoms with E-state index in [1.165, 1.54) is 27.5 Å². The van der Waals surface area contributed by atoms with Gasteiger partial charge in [-0.15, -0.1) is 0 Å². The molecule has 0 aliphatic heterocycles. The Kier molecular flexibility index (Phi) is 1.68. The fourth-order valence-electron chi connectivity index (χ4n) is 2.91. The summed E-state index contributed by atoms with van der Waals surface area (Å²) < 4.78 is 0. The fourth-order valence-corrected chi connectivity index (χ4v) is 2.91. The summed E-state index contributed by atoms with van der Waals surface area (Å²) in [5.74, 6) is 0. The van der Waals surface area contributed by atoms with E-state index in [9.17, 15) is 5.26 Å². The Labute approximate surface area is 105 Å². The molecular weight excluding hydrogens is 218 g/mol. The van der Waals surface area contributed by atoms with Gasteiger partial charge >= 0.3 is 0 Å². The zero-order valence-corrected chi connectivity index (χ0v) is 9.64. The molecule has 0 aromatic heterocycles. The Morgan fingerprint density at radius 3 is 2.33 bits per heavy atom. The highest BCUT2D eigenvalue weighted by Crippen LogP contribution is 2.48. The van der Waals surface area contributed by atoms with Crippen molar-refractivity contribution >= 4 is 10.8 Å². The van der Waals surface area contributed by atoms with Crippen LogP contribution in [-0.2, 0) is 0 Å². The van der Waals surface area contributed by atoms with Crippen LogP contribution in [-0.4, -0.2) is 0 Å². The van der Waals surface area contributed by atoms with E-state index in [-0.39, 0.29) is 0 Å². The highest BCUT2D eigenvalue weighted by Gasteiger charge is 2.22. The lowest BCUT2D eigenvalue weighted by atomic mass is 9.98. The number of hydrogen-bond donors (Lipinski definition) is 0. The van der Waals surface area contributed by atoms with Crippen molar-refractivity contribution in [3.05, 3.63) is 60.2 Å². The maximum absolute atomic E-state index is 9.31. The van der Waals surface area contributed by atoms with Crippen LogP contribution in [0.2, 0.25) is 0 Å². The van der Waals surface area contributed by atoms with E-state index in [4.69, 9.17) is 0 Å². The lowest BCUT2D eigenvalue weighted by Gasteiger charge is -2.03. The van der Waals surface area contributed by atoms with Crippen LogP contribution in [0, 0.1) is 11.3 Å². The predicted molar refractivity (Wildman–Crippen MR) is 73.1 cm³/mol. The average Bonchev–Trinajstić information content (AvgIpc) is 2.77. The first-order chi connectivity index (χ1) is 8.90. The van der Waals surface area contributed by atoms with Gasteiger partial charge in [-0.2, -0.15) is 5.26 Å². The van der Waals surface area contributed by atoms with E-state index in [1.54, 1.807) is 0 Å². The van der Waals surface area contributed by atoms with Gasteiger partial charge in [-0.05, 0) is 33.5 Å². The molecule has 3 aromatic rings. The van der Waals surface area contributed by atoms with Gasteiger partial charge in [0.1, 0.15) is 0 Å². The summed E-state index contributed by atoms with van der Waals surface area (Å²) in [5, 5.41) is 11.7. The molecular formula is C17H9N. The molecule has 0 heterocycles. The van der Waals surface area contributed by atoms with Crippen LogP contribution in [0.3, 0.4) is 0 Å². The summed E-state index contributed by atoms with van der Waals surface area (Å²) in [6.07, 6.45) is 0. The van der Waals surface area contributed by atoms with Crippen LogP contribution >= 0.6 is 0 Å². The van der Waals surface area contributed by atoms with Crippen molar-refractivity contribution < 1.29 is 0 Å². The lowest BCUT2D eigenvalue weighted by Crippen LogP contribution is -1.82. The normalized spacial score (nSPS) is 11.3. The Morgan fingerprint density at radius 2 is 1.50 bits per heavy atom. The molecule has 0 radical (unpaired) electrons. The first kappa shape index (κ1) is 9.44. The molecule has 0 amide bonds. The van der Waals surface area contributed by atoms with Crippen LogP contribution in [0.1, 0.15) is 5.56 Å². The molecule has 1 aliphatic rings. The average molecular weight is 227 g/mol. The van der Waals surface area contributed by atoms with Gasteiger partial charge in [0, 0.05) is 5.56 Å². The molecule has 0 bridgehead atoms. The van der Waals surface area contributed by atoms with Crippen molar-refractivity contribution in [2.45, 2.75) is 0 Å². The van der Waals surface area contributed by atoms with Crippen molar-refractivity contribution in [3.63, 3.8) is 0 Å². The SMILES string of the molecule is N#Cc1ccc2cccc3c2c1-c1ccccc1-3. The number of hydrogen-bond acceptors (Lipinski definition) is 1. The highest BCUT2D eigenvalue weighted by atomic mass is 14.3. The Balaban J connectivity index is 2.32. The van der Waals surface area contributed by atoms with Crippen molar-refractivity contribution in [3.8, 4) is 28.3 Å². The molecule has 18 heavy (non-hydrogen) atoms. The van der Waals surface area contributed by atoms with E-state index < -0.39 is 0 Å². The number of nitriles is 1. The summed E-state index contributed by atoms with van der Waals surface area (Å²) >= 11 is 0. The van der Waals surface area contributed by atoms with Crippen LogP contribution in [0.4, 0.5) is 0 Å². The van der Waals surface area contributed by atoms with E-state index in [0.717, 1.165) is 11.1 Å². The van der Waals surface area contributed by atoms with E-state index in [2.05, 4.69) is 42.5 Å². The van der Waals surface area contributed by atoms with Crippen molar-refractivity contribution in [2.75, 3.05) is 0 Å². The molecule has 82 valence electrons. The molecule has 1 nitrogen and oxygen atoms in total. The zero-order chi connectivity index (χ0) is 12.1. The summed E-state index contributed by atoms with van der Waals surface area (Å²) in [7, 11) is 0. The topological polar surface area (TPSA) is 23.8 Å². The molecule has 0 saturated carbocycles. The molecule has 1 heteroatoms. The van der Waals surface area contributed by atoms with Gasteiger partial charge in [-0.25, -0.2) is 0 Å². The largest absolute Gasteiger partial charge is 0.192 e. The van der Waals surface area contributed by atoms with Crippen LogP contribution in [0.25, 0.3) is 33.0 Å². The quantitative estimate of drug-likeness (QED) is 0.438. The monoisotopic (exact) mass is 227 g/mol. The maximum atomic E-state index is 9.31. The summed E-state index contributed by atoms with van der Waals surface area (Å²) in [6, 6.07) is 20.9. The predicted octanol–water partition coefficient (Wildman–Crippen LogP) is 4.36. The van der Waals surface area contributed by atoms with Crippen molar-refractivity contribution in [2.24, 2.45) is 0 Å². The Hall–Kier alpha value is -2.59. The second-order valence-electron chi connectivity index (χ2n) is 4.55. The Morgan fingerprint density at radius 1 is 0.722 bits per heavy atom. The molecule has 0 unspecified atom stereocenters. The lowest BCUT2D eigenvalue weighted by molar-refractivity contribution is 1.50. The molecule has 4 rings (SSSR count). The van der Waals surface area contributed by atoms with Gasteiger partial charge in [0.2, 0.25) is 0 Å².